The van der Waals surface area contributed by atoms with E-state index < -0.39 is 5.82 Å². The van der Waals surface area contributed by atoms with Crippen molar-refractivity contribution in [2.24, 2.45) is 5.84 Å². The van der Waals surface area contributed by atoms with Crippen LogP contribution in [0.1, 0.15) is 16.7 Å². The Morgan fingerprint density at radius 2 is 1.85 bits per heavy atom. The van der Waals surface area contributed by atoms with Crippen molar-refractivity contribution in [3.63, 3.8) is 0 Å². The van der Waals surface area contributed by atoms with E-state index in [9.17, 15) is 4.39 Å². The third-order valence-corrected chi connectivity index (χ3v) is 3.76. The lowest BCUT2D eigenvalue weighted by Crippen LogP contribution is -2.38. The second-order valence-corrected chi connectivity index (χ2v) is 5.35. The van der Waals surface area contributed by atoms with Gasteiger partial charge in [0, 0.05) is 6.04 Å². The average molecular weight is 293 g/mol. The average Bonchev–Trinajstić information content (AvgIpc) is 2.45. The molecule has 2 aromatic rings. The summed E-state index contributed by atoms with van der Waals surface area (Å²) in [5.41, 5.74) is 5.95. The van der Waals surface area contributed by atoms with Crippen LogP contribution >= 0.6 is 11.6 Å². The van der Waals surface area contributed by atoms with Crippen molar-refractivity contribution < 1.29 is 4.39 Å². The van der Waals surface area contributed by atoms with Gasteiger partial charge in [0.05, 0.1) is 5.02 Å². The summed E-state index contributed by atoms with van der Waals surface area (Å²) in [6.07, 6.45) is 1.35. The molecule has 3 N–H and O–H groups in total. The maximum absolute atomic E-state index is 13.4. The summed E-state index contributed by atoms with van der Waals surface area (Å²) >= 11 is 5.97. The van der Waals surface area contributed by atoms with Crippen molar-refractivity contribution in [1.29, 1.82) is 0 Å². The molecule has 2 nitrogen and oxygen atoms in total. The predicted molar refractivity (Wildman–Crippen MR) is 81.1 cm³/mol. The summed E-state index contributed by atoms with van der Waals surface area (Å²) in [6, 6.07) is 13.1. The fraction of sp³-hybridized carbons (Fsp3) is 0.250. The molecule has 0 aliphatic rings. The lowest BCUT2D eigenvalue weighted by atomic mass is 9.99. The molecule has 0 saturated carbocycles. The summed E-state index contributed by atoms with van der Waals surface area (Å²) in [7, 11) is 0. The molecule has 0 amide bonds. The number of rotatable bonds is 5. The van der Waals surface area contributed by atoms with Crippen molar-refractivity contribution in [2.45, 2.75) is 25.8 Å². The van der Waals surface area contributed by atoms with E-state index in [-0.39, 0.29) is 11.1 Å². The summed E-state index contributed by atoms with van der Waals surface area (Å²) in [4.78, 5) is 0. The highest BCUT2D eigenvalue weighted by molar-refractivity contribution is 6.31. The van der Waals surface area contributed by atoms with Gasteiger partial charge < -0.3 is 0 Å². The summed E-state index contributed by atoms with van der Waals surface area (Å²) in [5.74, 6) is 5.21. The third kappa shape index (κ3) is 3.79. The Kier molecular flexibility index (Phi) is 5.12. The Morgan fingerprint density at radius 1 is 1.15 bits per heavy atom. The molecule has 0 aromatic heterocycles. The van der Waals surface area contributed by atoms with Gasteiger partial charge in [0.1, 0.15) is 5.82 Å². The van der Waals surface area contributed by atoms with Gasteiger partial charge in [-0.25, -0.2) is 4.39 Å². The first-order valence-corrected chi connectivity index (χ1v) is 6.92. The van der Waals surface area contributed by atoms with Gasteiger partial charge in [0.15, 0.2) is 0 Å². The standard InChI is InChI=1S/C16H18ClFN2/c1-11-5-7-12(8-6-11)9-14(20-19)10-13-3-2-4-15(18)16(13)17/h2-8,14,20H,9-10,19H2,1H3. The molecular weight excluding hydrogens is 275 g/mol. The van der Waals surface area contributed by atoms with E-state index in [1.54, 1.807) is 6.07 Å². The Bertz CT molecular complexity index is 569. The van der Waals surface area contributed by atoms with E-state index in [0.717, 1.165) is 12.0 Å². The van der Waals surface area contributed by atoms with E-state index in [0.29, 0.717) is 6.42 Å². The SMILES string of the molecule is Cc1ccc(CC(Cc2cccc(F)c2Cl)NN)cc1. The van der Waals surface area contributed by atoms with Gasteiger partial charge in [-0.2, -0.15) is 0 Å². The molecule has 1 atom stereocenters. The minimum absolute atomic E-state index is 0.0111. The van der Waals surface area contributed by atoms with Crippen LogP contribution in [0.2, 0.25) is 5.02 Å². The van der Waals surface area contributed by atoms with E-state index >= 15 is 0 Å². The van der Waals surface area contributed by atoms with Crippen LogP contribution in [0.3, 0.4) is 0 Å². The molecule has 0 saturated heterocycles. The lowest BCUT2D eigenvalue weighted by Gasteiger charge is -2.17. The van der Waals surface area contributed by atoms with Crippen LogP contribution in [-0.2, 0) is 12.8 Å². The van der Waals surface area contributed by atoms with Crippen molar-refractivity contribution in [3.05, 3.63) is 70.0 Å². The summed E-state index contributed by atoms with van der Waals surface area (Å²) in [6.45, 7) is 2.05. The normalized spacial score (nSPS) is 12.4. The zero-order valence-electron chi connectivity index (χ0n) is 11.4. The molecule has 2 aromatic carbocycles. The fourth-order valence-corrected chi connectivity index (χ4v) is 2.37. The molecule has 106 valence electrons. The highest BCUT2D eigenvalue weighted by atomic mass is 35.5. The fourth-order valence-electron chi connectivity index (χ4n) is 2.17. The lowest BCUT2D eigenvalue weighted by molar-refractivity contribution is 0.520. The minimum Gasteiger partial charge on any atom is -0.271 e. The van der Waals surface area contributed by atoms with Crippen LogP contribution in [0.15, 0.2) is 42.5 Å². The van der Waals surface area contributed by atoms with Crippen molar-refractivity contribution >= 4 is 11.6 Å². The van der Waals surface area contributed by atoms with Gasteiger partial charge in [-0.1, -0.05) is 53.6 Å². The van der Waals surface area contributed by atoms with Crippen LogP contribution in [-0.4, -0.2) is 6.04 Å². The Balaban J connectivity index is 2.09. The van der Waals surface area contributed by atoms with Crippen LogP contribution < -0.4 is 11.3 Å². The van der Waals surface area contributed by atoms with Crippen LogP contribution in [0.5, 0.6) is 0 Å². The van der Waals surface area contributed by atoms with Crippen LogP contribution in [0, 0.1) is 12.7 Å². The van der Waals surface area contributed by atoms with Gasteiger partial charge >= 0.3 is 0 Å². The number of nitrogens with one attached hydrogen (secondary N) is 1. The molecule has 0 heterocycles. The molecule has 0 radical (unpaired) electrons. The van der Waals surface area contributed by atoms with Gasteiger partial charge in [0.2, 0.25) is 0 Å². The van der Waals surface area contributed by atoms with E-state index in [4.69, 9.17) is 17.4 Å². The molecule has 0 aliphatic carbocycles. The highest BCUT2D eigenvalue weighted by Crippen LogP contribution is 2.21. The molecule has 0 fully saturated rings. The van der Waals surface area contributed by atoms with E-state index in [2.05, 4.69) is 36.6 Å². The molecule has 1 unspecified atom stereocenters. The molecule has 0 spiro atoms. The molecule has 4 heteroatoms. The van der Waals surface area contributed by atoms with Gasteiger partial charge in [-0.3, -0.25) is 11.3 Å². The first kappa shape index (κ1) is 15.0. The maximum atomic E-state index is 13.4. The van der Waals surface area contributed by atoms with Crippen molar-refractivity contribution in [3.8, 4) is 0 Å². The Labute approximate surface area is 123 Å². The molecule has 0 bridgehead atoms. The Morgan fingerprint density at radius 3 is 2.50 bits per heavy atom. The van der Waals surface area contributed by atoms with Crippen LogP contribution in [0.4, 0.5) is 4.39 Å². The third-order valence-electron chi connectivity index (χ3n) is 3.34. The monoisotopic (exact) mass is 292 g/mol. The summed E-state index contributed by atoms with van der Waals surface area (Å²) < 4.78 is 13.4. The predicted octanol–water partition coefficient (Wildman–Crippen LogP) is 3.40. The van der Waals surface area contributed by atoms with E-state index in [1.165, 1.54) is 17.2 Å². The molecule has 2 rings (SSSR count). The minimum atomic E-state index is -0.393. The zero-order chi connectivity index (χ0) is 14.5. The number of aryl methyl sites for hydroxylation is 1. The first-order valence-electron chi connectivity index (χ1n) is 6.54. The molecular formula is C16H18ClFN2. The van der Waals surface area contributed by atoms with Gasteiger partial charge in [0.25, 0.3) is 0 Å². The van der Waals surface area contributed by atoms with Crippen LogP contribution in [0.25, 0.3) is 0 Å². The van der Waals surface area contributed by atoms with Gasteiger partial charge in [-0.15, -0.1) is 0 Å². The zero-order valence-corrected chi connectivity index (χ0v) is 12.1. The maximum Gasteiger partial charge on any atom is 0.142 e. The van der Waals surface area contributed by atoms with Crippen molar-refractivity contribution in [2.75, 3.05) is 0 Å². The van der Waals surface area contributed by atoms with Gasteiger partial charge in [-0.05, 0) is 37.0 Å². The largest absolute Gasteiger partial charge is 0.271 e. The highest BCUT2D eigenvalue weighted by Gasteiger charge is 2.13. The topological polar surface area (TPSA) is 38.0 Å². The second kappa shape index (κ2) is 6.84. The number of hydrazine groups is 1. The number of nitrogens with two attached hydrogens (primary N) is 1. The number of hydrogen-bond donors (Lipinski definition) is 2. The number of halogens is 2. The smallest absolute Gasteiger partial charge is 0.142 e. The number of hydrogen-bond acceptors (Lipinski definition) is 2. The molecule has 0 aliphatic heterocycles. The van der Waals surface area contributed by atoms with Crippen molar-refractivity contribution in [1.82, 2.24) is 5.43 Å². The quantitative estimate of drug-likeness (QED) is 0.655. The molecule has 20 heavy (non-hydrogen) atoms. The first-order chi connectivity index (χ1) is 9.60. The Hall–Kier alpha value is -1.42. The van der Waals surface area contributed by atoms with E-state index in [1.807, 2.05) is 6.07 Å². The second-order valence-electron chi connectivity index (χ2n) is 4.97. The number of benzene rings is 2. The summed E-state index contributed by atoms with van der Waals surface area (Å²) in [5, 5.41) is 0.177.